The van der Waals surface area contributed by atoms with Crippen LogP contribution in [0.2, 0.25) is 0 Å². The zero-order valence-electron chi connectivity index (χ0n) is 9.07. The third-order valence-corrected chi connectivity index (χ3v) is 1.90. The summed E-state index contributed by atoms with van der Waals surface area (Å²) in [6, 6.07) is 3.19. The molecular formula is C11H12ClNO3. The Kier molecular flexibility index (Phi) is 4.79. The normalized spacial score (nSPS) is 11.1. The van der Waals surface area contributed by atoms with Gasteiger partial charge in [-0.1, -0.05) is 11.6 Å². The van der Waals surface area contributed by atoms with Gasteiger partial charge in [0.2, 0.25) is 0 Å². The number of methoxy groups -OCH3 is 1. The average molecular weight is 242 g/mol. The van der Waals surface area contributed by atoms with Crippen LogP contribution in [0.15, 0.2) is 29.4 Å². The number of hydrogen-bond donors (Lipinski definition) is 0. The Hall–Kier alpha value is -1.55. The van der Waals surface area contributed by atoms with E-state index in [2.05, 4.69) is 9.72 Å². The summed E-state index contributed by atoms with van der Waals surface area (Å²) in [6.07, 6.45) is 3.19. The smallest absolute Gasteiger partial charge is 0.356 e. The number of carbonyl (C=O) groups excluding carboxylic acids is 1. The molecule has 0 aliphatic heterocycles. The first-order chi connectivity index (χ1) is 7.63. The van der Waals surface area contributed by atoms with E-state index >= 15 is 0 Å². The number of nitrogens with zero attached hydrogens (tertiary/aromatic N) is 1. The molecule has 0 radical (unpaired) electrons. The summed E-state index contributed by atoms with van der Waals surface area (Å²) in [5.74, 6) is 0.102. The van der Waals surface area contributed by atoms with E-state index in [1.165, 1.54) is 13.3 Å². The Morgan fingerprint density at radius 1 is 1.56 bits per heavy atom. The lowest BCUT2D eigenvalue weighted by Crippen LogP contribution is -2.04. The van der Waals surface area contributed by atoms with Crippen LogP contribution in [0, 0.1) is 0 Å². The molecule has 1 aromatic heterocycles. The van der Waals surface area contributed by atoms with Crippen LogP contribution in [0.5, 0.6) is 5.75 Å². The molecule has 16 heavy (non-hydrogen) atoms. The fourth-order valence-corrected chi connectivity index (χ4v) is 1.01. The molecule has 0 unspecified atom stereocenters. The van der Waals surface area contributed by atoms with Gasteiger partial charge in [-0.15, -0.1) is 0 Å². The lowest BCUT2D eigenvalue weighted by Gasteiger charge is -2.03. The highest BCUT2D eigenvalue weighted by atomic mass is 35.5. The molecule has 0 amide bonds. The van der Waals surface area contributed by atoms with Crippen molar-refractivity contribution < 1.29 is 14.3 Å². The maximum Gasteiger partial charge on any atom is 0.356 e. The SMILES string of the molecule is COC(=O)c1ccc(OCC=C(C)Cl)cn1. The average Bonchev–Trinajstić information content (AvgIpc) is 2.28. The van der Waals surface area contributed by atoms with Gasteiger partial charge < -0.3 is 9.47 Å². The minimum absolute atomic E-state index is 0.249. The Morgan fingerprint density at radius 2 is 2.31 bits per heavy atom. The number of carbonyl (C=O) groups is 1. The van der Waals surface area contributed by atoms with Crippen LogP contribution < -0.4 is 4.74 Å². The van der Waals surface area contributed by atoms with Crippen LogP contribution in [-0.4, -0.2) is 24.7 Å². The highest BCUT2D eigenvalue weighted by molar-refractivity contribution is 6.29. The van der Waals surface area contributed by atoms with Gasteiger partial charge in [0.05, 0.1) is 13.3 Å². The number of aromatic nitrogens is 1. The van der Waals surface area contributed by atoms with E-state index in [0.29, 0.717) is 17.4 Å². The van der Waals surface area contributed by atoms with Crippen molar-refractivity contribution in [3.8, 4) is 5.75 Å². The van der Waals surface area contributed by atoms with Gasteiger partial charge in [-0.3, -0.25) is 0 Å². The lowest BCUT2D eigenvalue weighted by atomic mass is 10.3. The fraction of sp³-hybridized carbons (Fsp3) is 0.273. The molecular weight excluding hydrogens is 230 g/mol. The van der Waals surface area contributed by atoms with Crippen LogP contribution in [0.25, 0.3) is 0 Å². The zero-order chi connectivity index (χ0) is 12.0. The molecule has 0 aromatic carbocycles. The summed E-state index contributed by atoms with van der Waals surface area (Å²) in [5, 5.41) is 0.666. The van der Waals surface area contributed by atoms with Gasteiger partial charge in [-0.2, -0.15) is 0 Å². The summed E-state index contributed by atoms with van der Waals surface area (Å²) in [5.41, 5.74) is 0.249. The summed E-state index contributed by atoms with van der Waals surface area (Å²) in [4.78, 5) is 15.0. The topological polar surface area (TPSA) is 48.4 Å². The second kappa shape index (κ2) is 6.12. The molecule has 1 rings (SSSR count). The predicted octanol–water partition coefficient (Wildman–Crippen LogP) is 2.39. The van der Waals surface area contributed by atoms with Crippen molar-refractivity contribution in [2.24, 2.45) is 0 Å². The van der Waals surface area contributed by atoms with E-state index in [0.717, 1.165) is 0 Å². The first-order valence-corrected chi connectivity index (χ1v) is 5.00. The lowest BCUT2D eigenvalue weighted by molar-refractivity contribution is 0.0594. The Balaban J connectivity index is 2.58. The maximum absolute atomic E-state index is 11.1. The molecule has 0 spiro atoms. The van der Waals surface area contributed by atoms with Crippen molar-refractivity contribution >= 4 is 17.6 Å². The number of rotatable bonds is 4. The van der Waals surface area contributed by atoms with Crippen molar-refractivity contribution in [3.05, 3.63) is 35.1 Å². The van der Waals surface area contributed by atoms with E-state index in [1.54, 1.807) is 25.1 Å². The first-order valence-electron chi connectivity index (χ1n) is 4.63. The van der Waals surface area contributed by atoms with Crippen LogP contribution >= 0.6 is 11.6 Å². The van der Waals surface area contributed by atoms with Crippen LogP contribution in [-0.2, 0) is 4.74 Å². The van der Waals surface area contributed by atoms with E-state index in [1.807, 2.05) is 0 Å². The molecule has 0 fully saturated rings. The predicted molar refractivity (Wildman–Crippen MR) is 60.7 cm³/mol. The molecule has 1 aromatic rings. The number of hydrogen-bond acceptors (Lipinski definition) is 4. The second-order valence-corrected chi connectivity index (χ2v) is 3.57. The number of halogens is 1. The van der Waals surface area contributed by atoms with Crippen molar-refractivity contribution in [2.75, 3.05) is 13.7 Å². The van der Waals surface area contributed by atoms with Gasteiger partial charge in [0.25, 0.3) is 0 Å². The monoisotopic (exact) mass is 241 g/mol. The van der Waals surface area contributed by atoms with Gasteiger partial charge in [-0.05, 0) is 25.1 Å². The Labute approximate surface area is 98.8 Å². The molecule has 0 bridgehead atoms. The van der Waals surface area contributed by atoms with Gasteiger partial charge in [0.1, 0.15) is 18.1 Å². The van der Waals surface area contributed by atoms with Crippen LogP contribution in [0.4, 0.5) is 0 Å². The molecule has 0 saturated carbocycles. The summed E-state index contributed by atoms with van der Waals surface area (Å²) in [7, 11) is 1.31. The molecule has 0 aliphatic carbocycles. The first kappa shape index (κ1) is 12.5. The molecule has 0 N–H and O–H groups in total. The van der Waals surface area contributed by atoms with Crippen molar-refractivity contribution in [1.82, 2.24) is 4.98 Å². The van der Waals surface area contributed by atoms with E-state index < -0.39 is 5.97 Å². The molecule has 0 aliphatic rings. The maximum atomic E-state index is 11.1. The van der Waals surface area contributed by atoms with Gasteiger partial charge in [0.15, 0.2) is 0 Å². The number of allylic oxidation sites excluding steroid dienone is 1. The largest absolute Gasteiger partial charge is 0.488 e. The van der Waals surface area contributed by atoms with E-state index in [9.17, 15) is 4.79 Å². The fourth-order valence-electron chi connectivity index (χ4n) is 0.944. The standard InChI is InChI=1S/C11H12ClNO3/c1-8(12)5-6-16-9-3-4-10(13-7-9)11(14)15-2/h3-5,7H,6H2,1-2H3. The highest BCUT2D eigenvalue weighted by Gasteiger charge is 2.05. The van der Waals surface area contributed by atoms with Crippen molar-refractivity contribution in [3.63, 3.8) is 0 Å². The van der Waals surface area contributed by atoms with E-state index in [-0.39, 0.29) is 5.69 Å². The van der Waals surface area contributed by atoms with Crippen LogP contribution in [0.1, 0.15) is 17.4 Å². The second-order valence-electron chi connectivity index (χ2n) is 2.97. The van der Waals surface area contributed by atoms with E-state index in [4.69, 9.17) is 16.3 Å². The minimum Gasteiger partial charge on any atom is -0.488 e. The van der Waals surface area contributed by atoms with Crippen molar-refractivity contribution in [1.29, 1.82) is 0 Å². The van der Waals surface area contributed by atoms with Gasteiger partial charge >= 0.3 is 5.97 Å². The third-order valence-electron chi connectivity index (χ3n) is 1.75. The number of ether oxygens (including phenoxy) is 2. The van der Waals surface area contributed by atoms with Crippen LogP contribution in [0.3, 0.4) is 0 Å². The quantitative estimate of drug-likeness (QED) is 0.760. The summed E-state index contributed by atoms with van der Waals surface area (Å²) >= 11 is 5.63. The van der Waals surface area contributed by atoms with Crippen molar-refractivity contribution in [2.45, 2.75) is 6.92 Å². The summed E-state index contributed by atoms with van der Waals surface area (Å²) in [6.45, 7) is 2.14. The minimum atomic E-state index is -0.469. The third kappa shape index (κ3) is 3.90. The van der Waals surface area contributed by atoms with Gasteiger partial charge in [-0.25, -0.2) is 9.78 Å². The molecule has 1 heterocycles. The zero-order valence-corrected chi connectivity index (χ0v) is 9.82. The summed E-state index contributed by atoms with van der Waals surface area (Å²) < 4.78 is 9.83. The molecule has 0 saturated heterocycles. The number of pyridine rings is 1. The molecule has 0 atom stereocenters. The highest BCUT2D eigenvalue weighted by Crippen LogP contribution is 2.10. The molecule has 86 valence electrons. The molecule has 4 nitrogen and oxygen atoms in total. The van der Waals surface area contributed by atoms with Gasteiger partial charge in [0, 0.05) is 5.03 Å². The Bertz CT molecular complexity index is 383. The molecule has 5 heteroatoms. The Morgan fingerprint density at radius 3 is 2.81 bits per heavy atom. The number of esters is 1.